The van der Waals surface area contributed by atoms with Crippen molar-refractivity contribution in [2.45, 2.75) is 13.7 Å². The molecule has 1 aliphatic rings. The minimum absolute atomic E-state index is 0. The number of imidazole rings is 1. The fourth-order valence-corrected chi connectivity index (χ4v) is 7.32. The van der Waals surface area contributed by atoms with E-state index in [2.05, 4.69) is 119 Å². The van der Waals surface area contributed by atoms with Crippen LogP contribution >= 0.6 is 11.3 Å². The Morgan fingerprint density at radius 2 is 1.49 bits per heavy atom. The van der Waals surface area contributed by atoms with Gasteiger partial charge in [-0.05, 0) is 65.6 Å². The monoisotopic (exact) mass is 857 g/mol. The largest absolute Gasteiger partial charge is 0.333 e. The van der Waals surface area contributed by atoms with Crippen molar-refractivity contribution in [3.05, 3.63) is 169 Å². The molecule has 0 aliphatic carbocycles. The van der Waals surface area contributed by atoms with Crippen LogP contribution in [0.2, 0.25) is 0 Å². The van der Waals surface area contributed by atoms with Gasteiger partial charge in [0.25, 0.3) is 0 Å². The van der Waals surface area contributed by atoms with Gasteiger partial charge in [-0.2, -0.15) is 0 Å². The first kappa shape index (κ1) is 26.3. The number of para-hydroxylation sites is 3. The van der Waals surface area contributed by atoms with E-state index in [9.17, 15) is 0 Å². The second kappa shape index (κ2) is 13.7. The molecule has 0 atom stereocenters. The Morgan fingerprint density at radius 3 is 2.35 bits per heavy atom. The van der Waals surface area contributed by atoms with Crippen LogP contribution in [0, 0.1) is 25.8 Å². The third-order valence-electron chi connectivity index (χ3n) is 8.73. The Hall–Kier alpha value is -5.52. The Balaban J connectivity index is 0.000000186. The summed E-state index contributed by atoms with van der Waals surface area (Å²) in [6.45, 7) is -4.34. The second-order valence-corrected chi connectivity index (χ2v) is 13.0. The number of aryl methyl sites for hydroxylation is 2. The van der Waals surface area contributed by atoms with Crippen LogP contribution in [0.4, 0.5) is 0 Å². The molecule has 0 spiro atoms. The molecule has 0 saturated heterocycles. The molecule has 9 aromatic rings. The molecule has 0 saturated carbocycles. The van der Waals surface area contributed by atoms with E-state index in [-0.39, 0.29) is 31.2 Å². The fraction of sp³-hybridized carbons (Fsp3) is 0.0444. The van der Waals surface area contributed by atoms with Crippen molar-refractivity contribution in [3.8, 4) is 61.2 Å². The van der Waals surface area contributed by atoms with Crippen molar-refractivity contribution >= 4 is 32.6 Å². The summed E-state index contributed by atoms with van der Waals surface area (Å²) in [7, 11) is 0. The van der Waals surface area contributed by atoms with Crippen molar-refractivity contribution in [1.29, 1.82) is 0 Å². The van der Waals surface area contributed by atoms with E-state index in [1.807, 2.05) is 12.1 Å². The van der Waals surface area contributed by atoms with Crippen molar-refractivity contribution in [3.63, 3.8) is 0 Å². The van der Waals surface area contributed by atoms with Crippen LogP contribution in [-0.4, -0.2) is 19.5 Å². The second-order valence-electron chi connectivity index (χ2n) is 12.0. The third-order valence-corrected chi connectivity index (χ3v) is 9.80. The Kier molecular flexibility index (Phi) is 7.04. The third kappa shape index (κ3) is 6.23. The average molecular weight is 857 g/mol. The molecule has 3 aromatic heterocycles. The number of nitrogens with zero attached hydrogens (tertiary/aromatic N) is 4. The summed E-state index contributed by atoms with van der Waals surface area (Å²) < 4.78 is 47.1. The van der Waals surface area contributed by atoms with Crippen molar-refractivity contribution < 1.29 is 28.3 Å². The zero-order valence-electron chi connectivity index (χ0n) is 32.9. The molecular weight excluding hydrogens is 821 g/mol. The standard InChI is InChI=1S/C32H18N3S.C13H12N.Ir/c1-2-15-28-27(14-1)33-31-23-10-3-7-20(17-23)21-8-4-11-24(18-21)32-34-30-26(13-6-16-29(30)36-32)22-9-5-12-25(19-22)35(28)31;1-10-3-6-12(7-4-10)13-8-5-11(2)9-14-13;/h1-9,11-19H;3-6,8-9H,1-2H3;/q2*-1;/i;1D3,2D3;. The number of hydrogen-bond donors (Lipinski definition) is 0. The van der Waals surface area contributed by atoms with Crippen LogP contribution in [0.1, 0.15) is 19.4 Å². The van der Waals surface area contributed by atoms with Gasteiger partial charge in [-0.1, -0.05) is 73.6 Å². The number of fused-ring (bicyclic) bond motifs is 15. The van der Waals surface area contributed by atoms with Gasteiger partial charge in [0.2, 0.25) is 0 Å². The number of aromatic nitrogens is 4. The normalized spacial score (nSPS) is 13.4. The molecule has 6 aromatic carbocycles. The van der Waals surface area contributed by atoms with E-state index >= 15 is 0 Å². The molecule has 4 heterocycles. The first-order chi connectivity index (χ1) is 27.0. The van der Waals surface area contributed by atoms with Gasteiger partial charge in [-0.25, -0.2) is 4.98 Å². The van der Waals surface area contributed by atoms with Gasteiger partial charge in [0.1, 0.15) is 5.01 Å². The maximum absolute atomic E-state index is 7.28. The molecule has 247 valence electrons. The van der Waals surface area contributed by atoms with Crippen LogP contribution in [0.15, 0.2) is 146 Å². The molecule has 1 radical (unpaired) electrons. The fourth-order valence-electron chi connectivity index (χ4n) is 6.33. The van der Waals surface area contributed by atoms with Gasteiger partial charge >= 0.3 is 0 Å². The van der Waals surface area contributed by atoms with E-state index in [0.717, 1.165) is 66.5 Å². The summed E-state index contributed by atoms with van der Waals surface area (Å²) in [5.41, 5.74) is 12.4. The van der Waals surface area contributed by atoms with Crippen molar-refractivity contribution in [2.75, 3.05) is 0 Å². The number of thiazole rings is 1. The van der Waals surface area contributed by atoms with Crippen molar-refractivity contribution in [1.82, 2.24) is 19.5 Å². The molecule has 1 aliphatic heterocycles. The van der Waals surface area contributed by atoms with E-state index in [0.29, 0.717) is 11.3 Å². The van der Waals surface area contributed by atoms with Crippen LogP contribution in [0.5, 0.6) is 0 Å². The first-order valence-electron chi connectivity index (χ1n) is 19.1. The van der Waals surface area contributed by atoms with Gasteiger partial charge in [-0.3, -0.25) is 4.98 Å². The summed E-state index contributed by atoms with van der Waals surface area (Å²) in [6, 6.07) is 52.3. The molecule has 0 N–H and O–H groups in total. The molecule has 4 nitrogen and oxygen atoms in total. The van der Waals surface area contributed by atoms with E-state index in [1.54, 1.807) is 23.5 Å². The van der Waals surface area contributed by atoms with E-state index in [1.165, 1.54) is 29.1 Å². The molecular formula is C45H30IrN4S-2. The smallest absolute Gasteiger partial charge is 0.124 e. The average Bonchev–Trinajstić information content (AvgIpc) is 3.83. The summed E-state index contributed by atoms with van der Waals surface area (Å²) in [6.07, 6.45) is 1.30. The van der Waals surface area contributed by atoms with Crippen LogP contribution < -0.4 is 0 Å². The number of hydrogen-bond acceptors (Lipinski definition) is 4. The maximum atomic E-state index is 7.28. The number of pyridine rings is 1. The minimum Gasteiger partial charge on any atom is -0.333 e. The zero-order chi connectivity index (χ0) is 38.6. The van der Waals surface area contributed by atoms with E-state index < -0.39 is 13.7 Å². The van der Waals surface area contributed by atoms with Crippen LogP contribution in [0.3, 0.4) is 0 Å². The van der Waals surface area contributed by atoms with E-state index in [4.69, 9.17) is 18.2 Å². The first-order valence-corrected chi connectivity index (χ1v) is 16.9. The SMILES string of the molecule is [2H]C([2H])([2H])c1c[c-]c(-c2ccc(C([2H])([2H])[2H])cn2)cc1.[Ir].[c-]1ccc2cc1-c1nc3ccccc3n1-c1cccc(c1)-c1cccc3sc(nc13)-c1cccc-2c1. The summed E-state index contributed by atoms with van der Waals surface area (Å²) >= 11 is 1.74. The molecule has 6 heteroatoms. The zero-order valence-corrected chi connectivity index (χ0v) is 30.1. The Bertz CT molecular complexity index is 2840. The van der Waals surface area contributed by atoms with Gasteiger partial charge in [0.15, 0.2) is 0 Å². The minimum atomic E-state index is -2.18. The summed E-state index contributed by atoms with van der Waals surface area (Å²) in [4.78, 5) is 14.3. The maximum Gasteiger partial charge on any atom is 0.124 e. The number of rotatable bonds is 1. The molecule has 10 rings (SSSR count). The van der Waals surface area contributed by atoms with Crippen LogP contribution in [-0.2, 0) is 20.1 Å². The topological polar surface area (TPSA) is 43.6 Å². The molecule has 8 bridgehead atoms. The predicted octanol–water partition coefficient (Wildman–Crippen LogP) is 11.6. The predicted molar refractivity (Wildman–Crippen MR) is 206 cm³/mol. The molecule has 51 heavy (non-hydrogen) atoms. The number of benzene rings is 6. The quantitative estimate of drug-likeness (QED) is 0.155. The molecule has 0 fully saturated rings. The Labute approximate surface area is 322 Å². The van der Waals surface area contributed by atoms with Crippen LogP contribution in [0.25, 0.3) is 82.4 Å². The van der Waals surface area contributed by atoms with Gasteiger partial charge < -0.3 is 9.55 Å². The summed E-state index contributed by atoms with van der Waals surface area (Å²) in [5.74, 6) is 0.884. The molecule has 0 unspecified atom stereocenters. The van der Waals surface area contributed by atoms with Gasteiger partial charge in [0, 0.05) is 51.3 Å². The van der Waals surface area contributed by atoms with Gasteiger partial charge in [0.05, 0.1) is 27.1 Å². The summed E-state index contributed by atoms with van der Waals surface area (Å²) in [5, 5.41) is 1.03. The molecule has 0 amide bonds. The Morgan fingerprint density at radius 1 is 0.667 bits per heavy atom. The van der Waals surface area contributed by atoms with Crippen molar-refractivity contribution in [2.24, 2.45) is 0 Å². The van der Waals surface area contributed by atoms with Gasteiger partial charge in [-0.15, -0.1) is 82.1 Å².